The van der Waals surface area contributed by atoms with Crippen LogP contribution < -0.4 is 5.32 Å². The van der Waals surface area contributed by atoms with Crippen LogP contribution in [0.25, 0.3) is 0 Å². The van der Waals surface area contributed by atoms with Gasteiger partial charge in [0.2, 0.25) is 0 Å². The molecule has 0 saturated heterocycles. The number of aromatic nitrogens is 1. The molecule has 13 heavy (non-hydrogen) atoms. The maximum atomic E-state index is 10.4. The van der Waals surface area contributed by atoms with Crippen molar-refractivity contribution in [2.75, 3.05) is 5.32 Å². The molecule has 2 N–H and O–H groups in total. The molecule has 0 saturated carbocycles. The summed E-state index contributed by atoms with van der Waals surface area (Å²) in [6.07, 6.45) is 3.22. The fraction of sp³-hybridized carbons (Fsp3) is 0.250. The second-order valence-corrected chi connectivity index (χ2v) is 2.45. The van der Waals surface area contributed by atoms with Gasteiger partial charge in [0.15, 0.2) is 0 Å². The number of aliphatic carboxylic acids is 1. The van der Waals surface area contributed by atoms with Crippen LogP contribution in [0.5, 0.6) is 0 Å². The van der Waals surface area contributed by atoms with Crippen LogP contribution in [-0.4, -0.2) is 22.1 Å². The van der Waals surface area contributed by atoms with Gasteiger partial charge in [-0.25, -0.2) is 0 Å². The fourth-order valence-corrected chi connectivity index (χ4v) is 0.760. The molecule has 1 aromatic heterocycles. The molecule has 0 radical (unpaired) electrons. The number of hydrogen-bond acceptors (Lipinski definition) is 3. The second-order valence-electron chi connectivity index (χ2n) is 2.45. The first-order chi connectivity index (χ1) is 5.70. The maximum Gasteiger partial charge on any atom is 0.325 e. The Morgan fingerprint density at radius 3 is 2.85 bits per heavy atom. The lowest BCUT2D eigenvalue weighted by Crippen LogP contribution is -2.25. The molecular weight excluding hydrogens is 192 g/mol. The zero-order valence-corrected chi connectivity index (χ0v) is 7.91. The van der Waals surface area contributed by atoms with Crippen molar-refractivity contribution in [1.29, 1.82) is 0 Å². The number of carboxylic acid groups (broad SMARTS) is 1. The minimum atomic E-state index is -0.876. The summed E-state index contributed by atoms with van der Waals surface area (Å²) in [4.78, 5) is 14.3. The van der Waals surface area contributed by atoms with E-state index in [4.69, 9.17) is 5.11 Å². The zero-order valence-electron chi connectivity index (χ0n) is 7.10. The number of nitrogens with zero attached hydrogens (tertiary/aromatic N) is 1. The zero-order chi connectivity index (χ0) is 8.97. The molecule has 0 aliphatic rings. The van der Waals surface area contributed by atoms with Crippen LogP contribution in [-0.2, 0) is 4.79 Å². The number of hydrogen-bond donors (Lipinski definition) is 2. The van der Waals surface area contributed by atoms with Crippen molar-refractivity contribution in [1.82, 2.24) is 4.98 Å². The highest BCUT2D eigenvalue weighted by Gasteiger charge is 2.08. The predicted molar refractivity (Wildman–Crippen MR) is 52.2 cm³/mol. The highest BCUT2D eigenvalue weighted by atomic mass is 35.5. The van der Waals surface area contributed by atoms with E-state index in [0.29, 0.717) is 5.69 Å². The molecule has 1 heterocycles. The van der Waals surface area contributed by atoms with E-state index in [1.54, 1.807) is 31.5 Å². The van der Waals surface area contributed by atoms with E-state index in [9.17, 15) is 4.79 Å². The van der Waals surface area contributed by atoms with E-state index < -0.39 is 12.0 Å². The summed E-state index contributed by atoms with van der Waals surface area (Å²) in [5.41, 5.74) is 0.715. The van der Waals surface area contributed by atoms with Gasteiger partial charge in [-0.05, 0) is 19.1 Å². The summed E-state index contributed by atoms with van der Waals surface area (Å²) in [5, 5.41) is 11.3. The topological polar surface area (TPSA) is 62.2 Å². The molecule has 0 spiro atoms. The van der Waals surface area contributed by atoms with Gasteiger partial charge in [-0.15, -0.1) is 12.4 Å². The van der Waals surface area contributed by atoms with E-state index in [1.165, 1.54) is 0 Å². The van der Waals surface area contributed by atoms with Crippen LogP contribution in [0.2, 0.25) is 0 Å². The third-order valence-electron chi connectivity index (χ3n) is 1.42. The summed E-state index contributed by atoms with van der Waals surface area (Å²) < 4.78 is 0. The summed E-state index contributed by atoms with van der Waals surface area (Å²) in [5.74, 6) is -0.876. The average molecular weight is 203 g/mol. The van der Waals surface area contributed by atoms with Gasteiger partial charge < -0.3 is 10.4 Å². The SMILES string of the molecule is C[C@H](Nc1cccnc1)C(=O)O.Cl. The highest BCUT2D eigenvalue weighted by Crippen LogP contribution is 2.04. The predicted octanol–water partition coefficient (Wildman–Crippen LogP) is 1.39. The molecule has 0 aliphatic heterocycles. The van der Waals surface area contributed by atoms with Crippen molar-refractivity contribution in [3.63, 3.8) is 0 Å². The van der Waals surface area contributed by atoms with Crippen molar-refractivity contribution in [3.05, 3.63) is 24.5 Å². The number of halogens is 1. The first-order valence-corrected chi connectivity index (χ1v) is 3.59. The Hall–Kier alpha value is -1.29. The van der Waals surface area contributed by atoms with Gasteiger partial charge in [-0.2, -0.15) is 0 Å². The number of rotatable bonds is 3. The minimum absolute atomic E-state index is 0. The number of carbonyl (C=O) groups is 1. The molecule has 4 nitrogen and oxygen atoms in total. The van der Waals surface area contributed by atoms with E-state index in [2.05, 4.69) is 10.3 Å². The molecule has 1 rings (SSSR count). The molecule has 0 fully saturated rings. The lowest BCUT2D eigenvalue weighted by Gasteiger charge is -2.08. The number of anilines is 1. The van der Waals surface area contributed by atoms with Gasteiger partial charge in [0.25, 0.3) is 0 Å². The molecule has 5 heteroatoms. The first kappa shape index (κ1) is 11.7. The Labute approximate surface area is 82.4 Å². The third kappa shape index (κ3) is 3.75. The maximum absolute atomic E-state index is 10.4. The van der Waals surface area contributed by atoms with Gasteiger partial charge in [0, 0.05) is 12.4 Å². The van der Waals surface area contributed by atoms with Crippen LogP contribution in [0.1, 0.15) is 6.92 Å². The highest BCUT2D eigenvalue weighted by molar-refractivity contribution is 5.85. The third-order valence-corrected chi connectivity index (χ3v) is 1.42. The standard InChI is InChI=1S/C8H10N2O2.ClH/c1-6(8(11)12)10-7-3-2-4-9-5-7;/h2-6,10H,1H3,(H,11,12);1H/t6-;/m0./s1. The van der Waals surface area contributed by atoms with Crippen molar-refractivity contribution in [2.24, 2.45) is 0 Å². The van der Waals surface area contributed by atoms with Crippen molar-refractivity contribution < 1.29 is 9.90 Å². The largest absolute Gasteiger partial charge is 0.480 e. The fourth-order valence-electron chi connectivity index (χ4n) is 0.760. The van der Waals surface area contributed by atoms with Gasteiger partial charge >= 0.3 is 5.97 Å². The number of nitrogens with one attached hydrogen (secondary N) is 1. The monoisotopic (exact) mass is 202 g/mol. The lowest BCUT2D eigenvalue weighted by atomic mass is 10.3. The van der Waals surface area contributed by atoms with Crippen molar-refractivity contribution >= 4 is 24.1 Å². The van der Waals surface area contributed by atoms with Crippen LogP contribution in [0, 0.1) is 0 Å². The summed E-state index contributed by atoms with van der Waals surface area (Å²) >= 11 is 0. The molecule has 0 aromatic carbocycles. The van der Waals surface area contributed by atoms with Gasteiger partial charge in [0.05, 0.1) is 5.69 Å². The van der Waals surface area contributed by atoms with Crippen LogP contribution in [0.15, 0.2) is 24.5 Å². The average Bonchev–Trinajstić information content (AvgIpc) is 2.06. The van der Waals surface area contributed by atoms with Gasteiger partial charge in [0.1, 0.15) is 6.04 Å². The Morgan fingerprint density at radius 2 is 2.38 bits per heavy atom. The van der Waals surface area contributed by atoms with Crippen molar-refractivity contribution in [2.45, 2.75) is 13.0 Å². The molecule has 72 valence electrons. The summed E-state index contributed by atoms with van der Waals surface area (Å²) in [6.45, 7) is 1.58. The quantitative estimate of drug-likeness (QED) is 0.778. The van der Waals surface area contributed by atoms with Crippen LogP contribution in [0.4, 0.5) is 5.69 Å². The molecule has 0 bridgehead atoms. The van der Waals surface area contributed by atoms with E-state index in [-0.39, 0.29) is 12.4 Å². The molecule has 1 atom stereocenters. The lowest BCUT2D eigenvalue weighted by molar-refractivity contribution is -0.137. The minimum Gasteiger partial charge on any atom is -0.480 e. The van der Waals surface area contributed by atoms with E-state index in [0.717, 1.165) is 0 Å². The Kier molecular flexibility index (Phi) is 4.84. The molecule has 0 amide bonds. The van der Waals surface area contributed by atoms with Gasteiger partial charge in [-0.1, -0.05) is 0 Å². The smallest absolute Gasteiger partial charge is 0.325 e. The molecule has 1 aromatic rings. The van der Waals surface area contributed by atoms with Gasteiger partial charge in [-0.3, -0.25) is 9.78 Å². The summed E-state index contributed by atoms with van der Waals surface area (Å²) in [6, 6.07) is 2.93. The molecular formula is C8H11ClN2O2. The Morgan fingerprint density at radius 1 is 1.69 bits per heavy atom. The number of pyridine rings is 1. The van der Waals surface area contributed by atoms with Crippen LogP contribution >= 0.6 is 12.4 Å². The molecule has 0 aliphatic carbocycles. The van der Waals surface area contributed by atoms with Crippen molar-refractivity contribution in [3.8, 4) is 0 Å². The second kappa shape index (κ2) is 5.37. The van der Waals surface area contributed by atoms with Crippen LogP contribution in [0.3, 0.4) is 0 Å². The number of carboxylic acids is 1. The normalized spacial score (nSPS) is 11.2. The summed E-state index contributed by atoms with van der Waals surface area (Å²) in [7, 11) is 0. The van der Waals surface area contributed by atoms with E-state index in [1.807, 2.05) is 0 Å². The van der Waals surface area contributed by atoms with E-state index >= 15 is 0 Å². The first-order valence-electron chi connectivity index (χ1n) is 3.59. The Balaban J connectivity index is 0.00000144. The Bertz CT molecular complexity index is 266. The molecule has 0 unspecified atom stereocenters.